The van der Waals surface area contributed by atoms with Crippen molar-refractivity contribution >= 4 is 34.1 Å². The number of benzene rings is 2. The monoisotopic (exact) mass is 488 g/mol. The fourth-order valence-electron chi connectivity index (χ4n) is 4.54. The Kier molecular flexibility index (Phi) is 6.55. The molecule has 7 nitrogen and oxygen atoms in total. The smallest absolute Gasteiger partial charge is 0.226 e. The van der Waals surface area contributed by atoms with Crippen molar-refractivity contribution in [1.29, 1.82) is 0 Å². The molecule has 2 aromatic carbocycles. The van der Waals surface area contributed by atoms with Gasteiger partial charge in [0.25, 0.3) is 0 Å². The summed E-state index contributed by atoms with van der Waals surface area (Å²) in [5.41, 5.74) is 2.84. The van der Waals surface area contributed by atoms with E-state index in [9.17, 15) is 4.79 Å². The quantitative estimate of drug-likeness (QED) is 0.411. The molecule has 0 bridgehead atoms. The molecule has 0 atom stereocenters. The summed E-state index contributed by atoms with van der Waals surface area (Å²) >= 11 is 1.71. The van der Waals surface area contributed by atoms with Crippen molar-refractivity contribution in [3.63, 3.8) is 0 Å². The number of thiophene rings is 1. The minimum atomic E-state index is 0.0336. The van der Waals surface area contributed by atoms with Crippen molar-refractivity contribution in [1.82, 2.24) is 15.3 Å². The maximum atomic E-state index is 12.1. The van der Waals surface area contributed by atoms with Crippen molar-refractivity contribution in [2.45, 2.75) is 12.8 Å². The number of fused-ring (bicyclic) bond motifs is 1. The zero-order chi connectivity index (χ0) is 24.4. The number of amides is 1. The first-order valence-corrected chi connectivity index (χ1v) is 12.5. The minimum absolute atomic E-state index is 0.0336. The van der Waals surface area contributed by atoms with Gasteiger partial charge in [-0.1, -0.05) is 30.3 Å². The molecule has 1 aliphatic heterocycles. The molecule has 35 heavy (non-hydrogen) atoms. The summed E-state index contributed by atoms with van der Waals surface area (Å²) < 4.78 is 11.1. The molecule has 1 fully saturated rings. The van der Waals surface area contributed by atoms with Gasteiger partial charge in [-0.2, -0.15) is 0 Å². The van der Waals surface area contributed by atoms with Crippen LogP contribution >= 0.6 is 11.3 Å². The third-order valence-electron chi connectivity index (χ3n) is 6.48. The third-order valence-corrected chi connectivity index (χ3v) is 7.62. The van der Waals surface area contributed by atoms with Crippen LogP contribution in [0.3, 0.4) is 0 Å². The van der Waals surface area contributed by atoms with E-state index in [-0.39, 0.29) is 11.8 Å². The topological polar surface area (TPSA) is 76.6 Å². The second-order valence-electron chi connectivity index (χ2n) is 8.50. The summed E-state index contributed by atoms with van der Waals surface area (Å²) in [6, 6.07) is 18.5. The van der Waals surface area contributed by atoms with Crippen LogP contribution in [0.4, 0.5) is 5.95 Å². The van der Waals surface area contributed by atoms with Crippen LogP contribution in [0.25, 0.3) is 31.9 Å². The number of carbonyl (C=O) groups is 1. The lowest BCUT2D eigenvalue weighted by atomic mass is 9.96. The first-order valence-electron chi connectivity index (χ1n) is 11.7. The maximum Gasteiger partial charge on any atom is 0.226 e. The van der Waals surface area contributed by atoms with Crippen molar-refractivity contribution in [3.8, 4) is 32.5 Å². The summed E-state index contributed by atoms with van der Waals surface area (Å²) in [5, 5.41) is 3.68. The van der Waals surface area contributed by atoms with E-state index < -0.39 is 0 Å². The van der Waals surface area contributed by atoms with Gasteiger partial charge in [-0.05, 0) is 36.6 Å². The Morgan fingerprint density at radius 3 is 2.34 bits per heavy atom. The molecule has 0 unspecified atom stereocenters. The standard InChI is InChI=1S/C27H28N4O3S/c1-28-26(32)18-11-13-31(14-12-18)27-29-20-16-22(34-3)21(33-2)15-19(20)25(30-27)24-10-9-23(35-24)17-7-5-4-6-8-17/h4-10,15-16,18H,11-14H2,1-3H3,(H,28,32). The molecular formula is C27H28N4O3S. The average molecular weight is 489 g/mol. The molecule has 8 heteroatoms. The summed E-state index contributed by atoms with van der Waals surface area (Å²) in [4.78, 5) is 26.5. The molecule has 1 saturated heterocycles. The first kappa shape index (κ1) is 23.1. The molecule has 0 radical (unpaired) electrons. The minimum Gasteiger partial charge on any atom is -0.493 e. The second-order valence-corrected chi connectivity index (χ2v) is 9.59. The normalized spacial score (nSPS) is 14.2. The van der Waals surface area contributed by atoms with E-state index in [0.717, 1.165) is 47.4 Å². The molecular weight excluding hydrogens is 460 g/mol. The van der Waals surface area contributed by atoms with E-state index in [0.29, 0.717) is 17.4 Å². The number of piperidine rings is 1. The average Bonchev–Trinajstić information content (AvgIpc) is 3.42. The molecule has 180 valence electrons. The molecule has 1 amide bonds. The van der Waals surface area contributed by atoms with E-state index in [1.54, 1.807) is 32.6 Å². The highest BCUT2D eigenvalue weighted by molar-refractivity contribution is 7.18. The Morgan fingerprint density at radius 2 is 1.66 bits per heavy atom. The highest BCUT2D eigenvalue weighted by atomic mass is 32.1. The van der Waals surface area contributed by atoms with Gasteiger partial charge in [0, 0.05) is 42.4 Å². The summed E-state index contributed by atoms with van der Waals surface area (Å²) in [6.07, 6.45) is 1.55. The van der Waals surface area contributed by atoms with Gasteiger partial charge in [-0.3, -0.25) is 4.79 Å². The van der Waals surface area contributed by atoms with Crippen LogP contribution in [0, 0.1) is 5.92 Å². The van der Waals surface area contributed by atoms with Crippen LogP contribution < -0.4 is 19.7 Å². The number of nitrogens with one attached hydrogen (secondary N) is 1. The number of hydrogen-bond donors (Lipinski definition) is 1. The Bertz CT molecular complexity index is 1350. The van der Waals surface area contributed by atoms with E-state index in [2.05, 4.69) is 34.5 Å². The Morgan fingerprint density at radius 1 is 0.971 bits per heavy atom. The van der Waals surface area contributed by atoms with Crippen LogP contribution in [-0.4, -0.2) is 50.2 Å². The zero-order valence-electron chi connectivity index (χ0n) is 20.1. The van der Waals surface area contributed by atoms with Gasteiger partial charge in [-0.15, -0.1) is 11.3 Å². The van der Waals surface area contributed by atoms with Crippen LogP contribution in [0.1, 0.15) is 12.8 Å². The number of aromatic nitrogens is 2. The van der Waals surface area contributed by atoms with Gasteiger partial charge >= 0.3 is 0 Å². The van der Waals surface area contributed by atoms with Crippen molar-refractivity contribution in [2.24, 2.45) is 5.92 Å². The molecule has 1 aliphatic rings. The van der Waals surface area contributed by atoms with Gasteiger partial charge in [-0.25, -0.2) is 9.97 Å². The fourth-order valence-corrected chi connectivity index (χ4v) is 5.56. The molecule has 1 N–H and O–H groups in total. The second kappa shape index (κ2) is 9.92. The van der Waals surface area contributed by atoms with Crippen molar-refractivity contribution < 1.29 is 14.3 Å². The largest absolute Gasteiger partial charge is 0.493 e. The number of ether oxygens (including phenoxy) is 2. The number of nitrogens with zero attached hydrogens (tertiary/aromatic N) is 3. The summed E-state index contributed by atoms with van der Waals surface area (Å²) in [6.45, 7) is 1.46. The zero-order valence-corrected chi connectivity index (χ0v) is 20.9. The number of anilines is 1. The molecule has 4 aromatic rings. The number of rotatable bonds is 6. The predicted octanol–water partition coefficient (Wildman–Crippen LogP) is 5.00. The Hall–Kier alpha value is -3.65. The fraction of sp³-hybridized carbons (Fsp3) is 0.296. The predicted molar refractivity (Wildman–Crippen MR) is 140 cm³/mol. The number of carbonyl (C=O) groups excluding carboxylic acids is 1. The van der Waals surface area contributed by atoms with E-state index in [4.69, 9.17) is 19.4 Å². The van der Waals surface area contributed by atoms with Gasteiger partial charge in [0.15, 0.2) is 11.5 Å². The third kappa shape index (κ3) is 4.53. The van der Waals surface area contributed by atoms with Crippen LogP contribution in [0.2, 0.25) is 0 Å². The molecule has 0 spiro atoms. The molecule has 2 aromatic heterocycles. The molecule has 3 heterocycles. The molecule has 0 aliphatic carbocycles. The maximum absolute atomic E-state index is 12.1. The first-order chi connectivity index (χ1) is 17.1. The lowest BCUT2D eigenvalue weighted by Crippen LogP contribution is -2.40. The lowest BCUT2D eigenvalue weighted by Gasteiger charge is -2.31. The van der Waals surface area contributed by atoms with Gasteiger partial charge in [0.1, 0.15) is 0 Å². The van der Waals surface area contributed by atoms with Crippen LogP contribution in [0.15, 0.2) is 54.6 Å². The van der Waals surface area contributed by atoms with E-state index >= 15 is 0 Å². The highest BCUT2D eigenvalue weighted by Crippen LogP contribution is 2.40. The van der Waals surface area contributed by atoms with Gasteiger partial charge < -0.3 is 19.7 Å². The van der Waals surface area contributed by atoms with Crippen LogP contribution in [0.5, 0.6) is 11.5 Å². The van der Waals surface area contributed by atoms with Gasteiger partial charge in [0.05, 0.1) is 30.3 Å². The van der Waals surface area contributed by atoms with E-state index in [1.165, 1.54) is 10.4 Å². The summed E-state index contributed by atoms with van der Waals surface area (Å²) in [7, 11) is 4.95. The Labute approximate surface area is 208 Å². The molecule has 0 saturated carbocycles. The highest BCUT2D eigenvalue weighted by Gasteiger charge is 2.26. The van der Waals surface area contributed by atoms with E-state index in [1.807, 2.05) is 30.3 Å². The Balaban J connectivity index is 1.59. The van der Waals surface area contributed by atoms with Gasteiger partial charge in [0.2, 0.25) is 11.9 Å². The lowest BCUT2D eigenvalue weighted by molar-refractivity contribution is -0.125. The molecule has 5 rings (SSSR count). The number of methoxy groups -OCH3 is 2. The SMILES string of the molecule is CNC(=O)C1CCN(c2nc(-c3ccc(-c4ccccc4)s3)c3cc(OC)c(OC)cc3n2)CC1. The summed E-state index contributed by atoms with van der Waals surface area (Å²) in [5.74, 6) is 2.08. The van der Waals surface area contributed by atoms with Crippen molar-refractivity contribution in [2.75, 3.05) is 39.3 Å². The number of hydrogen-bond acceptors (Lipinski definition) is 7. The van der Waals surface area contributed by atoms with Crippen LogP contribution in [-0.2, 0) is 4.79 Å². The van der Waals surface area contributed by atoms with Crippen molar-refractivity contribution in [3.05, 3.63) is 54.6 Å².